The molecule has 0 aromatic heterocycles. The summed E-state index contributed by atoms with van der Waals surface area (Å²) >= 11 is 0. The highest BCUT2D eigenvalue weighted by Gasteiger charge is 2.28. The number of sulfonamides is 1. The Hall–Kier alpha value is -2.58. The molecule has 0 bridgehead atoms. The molecule has 2 N–H and O–H groups in total. The van der Waals surface area contributed by atoms with Gasteiger partial charge in [-0.3, -0.25) is 9.59 Å². The molecule has 1 amide bonds. The van der Waals surface area contributed by atoms with Crippen molar-refractivity contribution in [2.45, 2.75) is 36.6 Å². The lowest BCUT2D eigenvalue weighted by Crippen LogP contribution is -2.25. The number of amides is 1. The van der Waals surface area contributed by atoms with Gasteiger partial charge in [-0.25, -0.2) is 17.5 Å². The molecule has 1 aliphatic rings. The molecule has 1 aliphatic carbocycles. The summed E-state index contributed by atoms with van der Waals surface area (Å²) in [6.07, 6.45) is 1.57. The molecule has 3 rings (SSSR count). The van der Waals surface area contributed by atoms with Crippen LogP contribution in [0.2, 0.25) is 0 Å². The molecule has 0 spiro atoms. The van der Waals surface area contributed by atoms with E-state index < -0.39 is 21.7 Å². The number of anilines is 1. The molecule has 0 unspecified atom stereocenters. The van der Waals surface area contributed by atoms with E-state index >= 15 is 0 Å². The smallest absolute Gasteiger partial charge is 0.240 e. The van der Waals surface area contributed by atoms with E-state index in [-0.39, 0.29) is 29.6 Å². The van der Waals surface area contributed by atoms with Crippen molar-refractivity contribution in [2.24, 2.45) is 0 Å². The summed E-state index contributed by atoms with van der Waals surface area (Å²) < 4.78 is 39.9. The number of carbonyl (C=O) groups excluding carboxylic acids is 2. The van der Waals surface area contributed by atoms with Crippen LogP contribution in [0.15, 0.2) is 53.4 Å². The van der Waals surface area contributed by atoms with Crippen LogP contribution in [0.5, 0.6) is 0 Å². The van der Waals surface area contributed by atoms with Crippen LogP contribution in [-0.4, -0.2) is 26.2 Å². The van der Waals surface area contributed by atoms with Gasteiger partial charge in [0.25, 0.3) is 0 Å². The molecule has 8 heteroatoms. The second kappa shape index (κ2) is 7.98. The zero-order valence-corrected chi connectivity index (χ0v) is 15.3. The Balaban J connectivity index is 1.57. The molecule has 1 saturated carbocycles. The predicted molar refractivity (Wildman–Crippen MR) is 98.4 cm³/mol. The highest BCUT2D eigenvalue weighted by Crippen LogP contribution is 2.23. The van der Waals surface area contributed by atoms with Gasteiger partial charge in [-0.05, 0) is 55.3 Å². The van der Waals surface area contributed by atoms with Gasteiger partial charge in [0.15, 0.2) is 5.78 Å². The summed E-state index contributed by atoms with van der Waals surface area (Å²) in [7, 11) is -3.61. The molecule has 0 saturated heterocycles. The molecule has 0 heterocycles. The van der Waals surface area contributed by atoms with E-state index in [0.29, 0.717) is 11.3 Å². The number of rotatable bonds is 8. The van der Waals surface area contributed by atoms with Gasteiger partial charge in [-0.15, -0.1) is 0 Å². The topological polar surface area (TPSA) is 92.3 Å². The minimum Gasteiger partial charge on any atom is -0.326 e. The Morgan fingerprint density at radius 1 is 1.04 bits per heavy atom. The van der Waals surface area contributed by atoms with E-state index in [0.717, 1.165) is 12.8 Å². The fourth-order valence-electron chi connectivity index (χ4n) is 2.46. The number of hydrogen-bond donors (Lipinski definition) is 2. The lowest BCUT2D eigenvalue weighted by atomic mass is 10.1. The van der Waals surface area contributed by atoms with Crippen LogP contribution in [0.25, 0.3) is 0 Å². The largest absolute Gasteiger partial charge is 0.326 e. The van der Waals surface area contributed by atoms with Gasteiger partial charge >= 0.3 is 0 Å². The van der Waals surface area contributed by atoms with Crippen molar-refractivity contribution in [3.8, 4) is 0 Å². The summed E-state index contributed by atoms with van der Waals surface area (Å²) in [5.41, 5.74) is 0.677. The molecule has 0 radical (unpaired) electrons. The van der Waals surface area contributed by atoms with Crippen LogP contribution in [0.3, 0.4) is 0 Å². The Morgan fingerprint density at radius 3 is 2.41 bits per heavy atom. The third kappa shape index (κ3) is 5.45. The summed E-state index contributed by atoms with van der Waals surface area (Å²) in [6, 6.07) is 11.1. The summed E-state index contributed by atoms with van der Waals surface area (Å²) in [5.74, 6) is -1.11. The molecule has 6 nitrogen and oxygen atoms in total. The first-order valence-corrected chi connectivity index (χ1v) is 10.0. The molecule has 2 aromatic rings. The Labute approximate surface area is 156 Å². The average Bonchev–Trinajstić information content (AvgIpc) is 3.44. The van der Waals surface area contributed by atoms with Crippen LogP contribution >= 0.6 is 0 Å². The van der Waals surface area contributed by atoms with E-state index in [2.05, 4.69) is 10.0 Å². The minimum atomic E-state index is -3.61. The number of nitrogens with one attached hydrogen (secondary N) is 2. The summed E-state index contributed by atoms with van der Waals surface area (Å²) in [5, 5.41) is 2.60. The maximum Gasteiger partial charge on any atom is 0.240 e. The van der Waals surface area contributed by atoms with Gasteiger partial charge < -0.3 is 5.32 Å². The van der Waals surface area contributed by atoms with Crippen molar-refractivity contribution in [3.05, 3.63) is 59.9 Å². The van der Waals surface area contributed by atoms with Gasteiger partial charge in [-0.1, -0.05) is 6.07 Å². The Kier molecular flexibility index (Phi) is 5.67. The van der Waals surface area contributed by atoms with Gasteiger partial charge in [0, 0.05) is 30.1 Å². The lowest BCUT2D eigenvalue weighted by molar-refractivity contribution is -0.116. The van der Waals surface area contributed by atoms with Crippen molar-refractivity contribution >= 4 is 27.4 Å². The maximum absolute atomic E-state index is 12.9. The zero-order chi connectivity index (χ0) is 19.4. The highest BCUT2D eigenvalue weighted by atomic mass is 32.2. The number of carbonyl (C=O) groups is 2. The number of benzene rings is 2. The van der Waals surface area contributed by atoms with Crippen molar-refractivity contribution < 1.29 is 22.4 Å². The van der Waals surface area contributed by atoms with Crippen molar-refractivity contribution in [3.63, 3.8) is 0 Å². The minimum absolute atomic E-state index is 0.00859. The number of halogens is 1. The fraction of sp³-hybridized carbons (Fsp3) is 0.263. The third-order valence-electron chi connectivity index (χ3n) is 4.07. The Bertz CT molecular complexity index is 954. The van der Waals surface area contributed by atoms with E-state index in [1.807, 2.05) is 0 Å². The van der Waals surface area contributed by atoms with Gasteiger partial charge in [0.1, 0.15) is 5.82 Å². The second-order valence-corrected chi connectivity index (χ2v) is 8.12. The molecule has 0 aliphatic heterocycles. The van der Waals surface area contributed by atoms with E-state index in [9.17, 15) is 22.4 Å². The monoisotopic (exact) mass is 390 g/mol. The molecule has 27 heavy (non-hydrogen) atoms. The maximum atomic E-state index is 12.9. The van der Waals surface area contributed by atoms with Crippen LogP contribution in [0.4, 0.5) is 10.1 Å². The standard InChI is InChI=1S/C19H19FN2O4S/c20-14-6-4-13(5-7-14)18(23)10-11-19(24)21-16-2-1-3-17(12-16)27(25,26)22-15-8-9-15/h1-7,12,15,22H,8-11H2,(H,21,24). The van der Waals surface area contributed by atoms with Gasteiger partial charge in [-0.2, -0.15) is 0 Å². The molecular formula is C19H19FN2O4S. The highest BCUT2D eigenvalue weighted by molar-refractivity contribution is 7.89. The molecule has 142 valence electrons. The third-order valence-corrected chi connectivity index (χ3v) is 5.59. The molecule has 1 fully saturated rings. The van der Waals surface area contributed by atoms with E-state index in [4.69, 9.17) is 0 Å². The number of ketones is 1. The van der Waals surface area contributed by atoms with Crippen LogP contribution in [-0.2, 0) is 14.8 Å². The zero-order valence-electron chi connectivity index (χ0n) is 14.4. The van der Waals surface area contributed by atoms with Crippen LogP contribution < -0.4 is 10.0 Å². The Morgan fingerprint density at radius 2 is 1.74 bits per heavy atom. The normalized spacial score (nSPS) is 14.0. The summed E-state index contributed by atoms with van der Waals surface area (Å²) in [6.45, 7) is 0. The van der Waals surface area contributed by atoms with Crippen molar-refractivity contribution in [1.29, 1.82) is 0 Å². The fourth-order valence-corrected chi connectivity index (χ4v) is 3.81. The van der Waals surface area contributed by atoms with E-state index in [1.54, 1.807) is 12.1 Å². The van der Waals surface area contributed by atoms with Crippen LogP contribution in [0.1, 0.15) is 36.0 Å². The first-order valence-electron chi connectivity index (χ1n) is 8.54. The average molecular weight is 390 g/mol. The van der Waals surface area contributed by atoms with E-state index in [1.165, 1.54) is 36.4 Å². The predicted octanol–water partition coefficient (Wildman–Crippen LogP) is 2.87. The van der Waals surface area contributed by atoms with Gasteiger partial charge in [0.2, 0.25) is 15.9 Å². The quantitative estimate of drug-likeness (QED) is 0.678. The number of Topliss-reactive ketones (excluding diaryl/α,β-unsaturated/α-hetero) is 1. The lowest BCUT2D eigenvalue weighted by Gasteiger charge is -2.09. The van der Waals surface area contributed by atoms with Gasteiger partial charge in [0.05, 0.1) is 4.90 Å². The first kappa shape index (κ1) is 19.2. The van der Waals surface area contributed by atoms with Crippen molar-refractivity contribution in [2.75, 3.05) is 5.32 Å². The number of hydrogen-bond acceptors (Lipinski definition) is 4. The first-order chi connectivity index (χ1) is 12.8. The van der Waals surface area contributed by atoms with Crippen LogP contribution in [0, 0.1) is 5.82 Å². The molecule has 2 aromatic carbocycles. The molecular weight excluding hydrogens is 371 g/mol. The molecule has 0 atom stereocenters. The summed E-state index contributed by atoms with van der Waals surface area (Å²) in [4.78, 5) is 24.2. The SMILES string of the molecule is O=C(CCC(=O)c1ccc(F)cc1)Nc1cccc(S(=O)(=O)NC2CC2)c1. The second-order valence-electron chi connectivity index (χ2n) is 6.40. The van der Waals surface area contributed by atoms with Crippen molar-refractivity contribution in [1.82, 2.24) is 4.72 Å².